The summed E-state index contributed by atoms with van der Waals surface area (Å²) in [5, 5.41) is 14.1. The third-order valence-electron chi connectivity index (χ3n) is 4.94. The van der Waals surface area contributed by atoms with Crippen LogP contribution in [0.5, 0.6) is 0 Å². The summed E-state index contributed by atoms with van der Waals surface area (Å²) in [5.41, 5.74) is 2.19. The Morgan fingerprint density at radius 1 is 1.38 bits per heavy atom. The van der Waals surface area contributed by atoms with E-state index in [2.05, 4.69) is 36.5 Å². The van der Waals surface area contributed by atoms with E-state index in [0.717, 1.165) is 38.8 Å². The Morgan fingerprint density at radius 2 is 2.24 bits per heavy atom. The highest BCUT2D eigenvalue weighted by molar-refractivity contribution is 5.31. The largest absolute Gasteiger partial charge is 0.389 e. The van der Waals surface area contributed by atoms with E-state index in [1.165, 1.54) is 17.5 Å². The molecule has 2 aliphatic rings. The van der Waals surface area contributed by atoms with Crippen molar-refractivity contribution in [3.8, 4) is 0 Å². The fourth-order valence-electron chi connectivity index (χ4n) is 3.87. The Morgan fingerprint density at radius 3 is 3.10 bits per heavy atom. The van der Waals surface area contributed by atoms with Crippen LogP contribution in [0.4, 0.5) is 0 Å². The third kappa shape index (κ3) is 3.65. The molecule has 3 rings (SSSR count). The molecule has 2 N–H and O–H groups in total. The molecule has 0 saturated heterocycles. The molecule has 0 spiro atoms. The predicted molar refractivity (Wildman–Crippen MR) is 84.3 cm³/mol. The van der Waals surface area contributed by atoms with Crippen LogP contribution in [-0.2, 0) is 11.2 Å². The minimum Gasteiger partial charge on any atom is -0.389 e. The highest BCUT2D eigenvalue weighted by Crippen LogP contribution is 2.32. The summed E-state index contributed by atoms with van der Waals surface area (Å²) >= 11 is 0. The average molecular weight is 289 g/mol. The van der Waals surface area contributed by atoms with E-state index >= 15 is 0 Å². The second-order valence-electron chi connectivity index (χ2n) is 6.87. The molecule has 1 heterocycles. The van der Waals surface area contributed by atoms with Crippen molar-refractivity contribution in [2.75, 3.05) is 19.7 Å². The van der Waals surface area contributed by atoms with Gasteiger partial charge < -0.3 is 15.2 Å². The van der Waals surface area contributed by atoms with Crippen molar-refractivity contribution in [1.29, 1.82) is 0 Å². The Hall–Kier alpha value is -0.900. The van der Waals surface area contributed by atoms with Crippen molar-refractivity contribution in [1.82, 2.24) is 5.32 Å². The van der Waals surface area contributed by atoms with E-state index in [0.29, 0.717) is 12.5 Å². The number of benzene rings is 1. The summed E-state index contributed by atoms with van der Waals surface area (Å²) in [6.07, 6.45) is 5.37. The first-order valence-electron chi connectivity index (χ1n) is 8.29. The maximum absolute atomic E-state index is 10.7. The van der Waals surface area contributed by atoms with Crippen LogP contribution >= 0.6 is 0 Å². The molecule has 0 aromatic heterocycles. The molecule has 3 unspecified atom stereocenters. The number of nitrogens with one attached hydrogen (secondary N) is 1. The van der Waals surface area contributed by atoms with Crippen LogP contribution in [0.2, 0.25) is 0 Å². The highest BCUT2D eigenvalue weighted by Gasteiger charge is 2.32. The number of ether oxygens (including phenoxy) is 1. The molecule has 1 aromatic rings. The maximum atomic E-state index is 10.7. The standard InChI is InChI=1S/C18H27NO2/c1-14-5-4-9-18(20,11-14)13-19-12-17-16-7-3-2-6-15(16)8-10-21-17/h2-3,6-7,14,17,19-20H,4-5,8-13H2,1H3. The Bertz CT molecular complexity index is 476. The van der Waals surface area contributed by atoms with Crippen molar-refractivity contribution in [3.05, 3.63) is 35.4 Å². The van der Waals surface area contributed by atoms with Gasteiger partial charge in [0.2, 0.25) is 0 Å². The first-order valence-corrected chi connectivity index (χ1v) is 8.29. The number of rotatable bonds is 4. The number of aliphatic hydroxyl groups is 1. The minimum atomic E-state index is -0.522. The number of hydrogen-bond donors (Lipinski definition) is 2. The van der Waals surface area contributed by atoms with Gasteiger partial charge in [-0.15, -0.1) is 0 Å². The lowest BCUT2D eigenvalue weighted by Crippen LogP contribution is -2.45. The zero-order valence-corrected chi connectivity index (χ0v) is 13.0. The molecule has 3 atom stereocenters. The molecule has 1 fully saturated rings. The van der Waals surface area contributed by atoms with Crippen molar-refractivity contribution in [2.45, 2.75) is 50.7 Å². The lowest BCUT2D eigenvalue weighted by molar-refractivity contribution is -0.0174. The van der Waals surface area contributed by atoms with E-state index in [1.54, 1.807) is 0 Å². The quantitative estimate of drug-likeness (QED) is 0.895. The van der Waals surface area contributed by atoms with Crippen LogP contribution in [0.25, 0.3) is 0 Å². The van der Waals surface area contributed by atoms with E-state index in [-0.39, 0.29) is 6.10 Å². The molecule has 0 bridgehead atoms. The minimum absolute atomic E-state index is 0.125. The van der Waals surface area contributed by atoms with Crippen molar-refractivity contribution >= 4 is 0 Å². The summed E-state index contributed by atoms with van der Waals surface area (Å²) in [6, 6.07) is 8.54. The van der Waals surface area contributed by atoms with Gasteiger partial charge in [-0.3, -0.25) is 0 Å². The molecule has 0 radical (unpaired) electrons. The number of hydrogen-bond acceptors (Lipinski definition) is 3. The van der Waals surface area contributed by atoms with Crippen molar-refractivity contribution < 1.29 is 9.84 Å². The molecule has 1 aromatic carbocycles. The van der Waals surface area contributed by atoms with Gasteiger partial charge in [-0.05, 0) is 36.3 Å². The van der Waals surface area contributed by atoms with Gasteiger partial charge >= 0.3 is 0 Å². The first kappa shape index (κ1) is 15.0. The second kappa shape index (κ2) is 6.47. The van der Waals surface area contributed by atoms with Crippen LogP contribution in [-0.4, -0.2) is 30.4 Å². The van der Waals surface area contributed by atoms with Gasteiger partial charge in [-0.2, -0.15) is 0 Å². The number of fused-ring (bicyclic) bond motifs is 1. The second-order valence-corrected chi connectivity index (χ2v) is 6.87. The van der Waals surface area contributed by atoms with Crippen molar-refractivity contribution in [3.63, 3.8) is 0 Å². The van der Waals surface area contributed by atoms with Crippen LogP contribution in [0.15, 0.2) is 24.3 Å². The Labute approximate surface area is 127 Å². The molecular formula is C18H27NO2. The SMILES string of the molecule is CC1CCCC(O)(CNCC2OCCc3ccccc32)C1. The Kier molecular flexibility index (Phi) is 4.63. The van der Waals surface area contributed by atoms with Crippen molar-refractivity contribution in [2.24, 2.45) is 5.92 Å². The van der Waals surface area contributed by atoms with Crippen LogP contribution < -0.4 is 5.32 Å². The molecule has 3 nitrogen and oxygen atoms in total. The van der Waals surface area contributed by atoms with Gasteiger partial charge in [0.15, 0.2) is 0 Å². The molecule has 116 valence electrons. The Balaban J connectivity index is 1.54. The molecule has 1 aliphatic heterocycles. The lowest BCUT2D eigenvalue weighted by Gasteiger charge is -2.36. The zero-order chi connectivity index (χ0) is 14.7. The molecule has 21 heavy (non-hydrogen) atoms. The fraction of sp³-hybridized carbons (Fsp3) is 0.667. The molecule has 0 amide bonds. The lowest BCUT2D eigenvalue weighted by atomic mass is 9.79. The van der Waals surface area contributed by atoms with E-state index in [9.17, 15) is 5.11 Å². The van der Waals surface area contributed by atoms with Crippen LogP contribution in [0.3, 0.4) is 0 Å². The first-order chi connectivity index (χ1) is 10.2. The van der Waals surface area contributed by atoms with Gasteiger partial charge in [-0.1, -0.05) is 44.0 Å². The maximum Gasteiger partial charge on any atom is 0.0952 e. The van der Waals surface area contributed by atoms with Crippen LogP contribution in [0.1, 0.15) is 49.8 Å². The molecule has 1 aliphatic carbocycles. The molecule has 3 heteroatoms. The van der Waals surface area contributed by atoms with Gasteiger partial charge in [0.05, 0.1) is 18.3 Å². The summed E-state index contributed by atoms with van der Waals surface area (Å²) < 4.78 is 5.90. The fourth-order valence-corrected chi connectivity index (χ4v) is 3.87. The van der Waals surface area contributed by atoms with E-state index in [1.807, 2.05) is 0 Å². The van der Waals surface area contributed by atoms with Gasteiger partial charge in [0.1, 0.15) is 0 Å². The zero-order valence-electron chi connectivity index (χ0n) is 13.0. The monoisotopic (exact) mass is 289 g/mol. The normalized spacial score (nSPS) is 32.7. The summed E-state index contributed by atoms with van der Waals surface area (Å²) in [6.45, 7) is 4.50. The summed E-state index contributed by atoms with van der Waals surface area (Å²) in [7, 11) is 0. The highest BCUT2D eigenvalue weighted by atomic mass is 16.5. The van der Waals surface area contributed by atoms with Gasteiger partial charge in [0.25, 0.3) is 0 Å². The smallest absolute Gasteiger partial charge is 0.0952 e. The summed E-state index contributed by atoms with van der Waals surface area (Å²) in [4.78, 5) is 0. The topological polar surface area (TPSA) is 41.5 Å². The van der Waals surface area contributed by atoms with E-state index < -0.39 is 5.60 Å². The average Bonchev–Trinajstić information content (AvgIpc) is 2.47. The molecule has 1 saturated carbocycles. The predicted octanol–water partition coefficient (Wildman–Crippen LogP) is 2.83. The molecular weight excluding hydrogens is 262 g/mol. The summed E-state index contributed by atoms with van der Waals surface area (Å²) in [5.74, 6) is 0.636. The third-order valence-corrected chi connectivity index (χ3v) is 4.94. The van der Waals surface area contributed by atoms with Gasteiger partial charge in [-0.25, -0.2) is 0 Å². The van der Waals surface area contributed by atoms with Crippen LogP contribution in [0, 0.1) is 5.92 Å². The van der Waals surface area contributed by atoms with Gasteiger partial charge in [0, 0.05) is 13.1 Å². The van der Waals surface area contributed by atoms with E-state index in [4.69, 9.17) is 4.74 Å².